The molecule has 0 saturated carbocycles. The molecule has 0 saturated heterocycles. The summed E-state index contributed by atoms with van der Waals surface area (Å²) in [7, 11) is 0. The van der Waals surface area contributed by atoms with Gasteiger partial charge in [0.05, 0.1) is 5.41 Å². The van der Waals surface area contributed by atoms with Crippen molar-refractivity contribution >= 4 is 0 Å². The van der Waals surface area contributed by atoms with E-state index in [1.54, 1.807) is 6.92 Å². The van der Waals surface area contributed by atoms with Crippen molar-refractivity contribution in [3.8, 4) is 0 Å². The molecule has 8 heteroatoms. The van der Waals surface area contributed by atoms with Crippen LogP contribution in [0, 0.1) is 35.0 Å². The minimum atomic E-state index is -4.06. The molecule has 0 heterocycles. The van der Waals surface area contributed by atoms with Gasteiger partial charge in [0.15, 0.2) is 0 Å². The standard InChI is InChI=1S/C5H9F3.C5H10F2.3C5H12.C4H7F3.6C4H10.2C3H8/c1-4(2,3)5(6,7)8;1-3-5(6,7)4-2;3*1-3-5-4-2;1-3(2)4(5,6)7;4*1-4(2)3;2*1-3-4-2;2*1-3-2/h1-3H3;3-4H2,1-2H3;3*3-5H2,1-2H3;3H,1-2H3;4*4H,1-3H3;2*3-4H2,1-2H3;2*3H2,1-2H3/i;;;;;;4D;;;;3D2;;3D2;. The molecule has 0 radical (unpaired) electrons. The normalized spacial score (nSPS) is 11.4. The Morgan fingerprint density at radius 3 is 0.493 bits per heavy atom. The average molecular weight is 1000 g/mol. The Balaban J connectivity index is -0.0000000422. The van der Waals surface area contributed by atoms with Gasteiger partial charge in [0.25, 0.3) is 0 Å². The van der Waals surface area contributed by atoms with Crippen LogP contribution in [0.5, 0.6) is 0 Å². The van der Waals surface area contributed by atoms with Gasteiger partial charge in [-0.05, 0) is 23.6 Å². The van der Waals surface area contributed by atoms with Crippen molar-refractivity contribution in [2.45, 2.75) is 356 Å². The van der Waals surface area contributed by atoms with Gasteiger partial charge in [-0.15, -0.1) is 0 Å². The molecule has 430 valence electrons. The zero-order valence-corrected chi connectivity index (χ0v) is 52.4. The van der Waals surface area contributed by atoms with Gasteiger partial charge in [-0.3, -0.25) is 0 Å². The number of halogens is 8. The summed E-state index contributed by atoms with van der Waals surface area (Å²) in [6.07, 6.45) is 6.62. The number of hydrogen-bond acceptors (Lipinski definition) is 0. The average Bonchev–Trinajstić information content (AvgIpc) is 3.14. The summed E-state index contributed by atoms with van der Waals surface area (Å²) >= 11 is 0. The summed E-state index contributed by atoms with van der Waals surface area (Å²) in [4.78, 5) is 0. The smallest absolute Gasteiger partial charge is 0.207 e. The SMILES string of the molecule is CC(C)(C)C(F)(F)F.CC(C)C.CC(C)C.CC(C)C.CC(C)C(F)(F)F.CCC.CCC(F)(F)CC.CCCC.CCCCC.CCCCC.CCCCC.[2H]C(C)(C)C.[2H]C([2H])(C)C.[2H]C([2H])(C)CC. The van der Waals surface area contributed by atoms with E-state index >= 15 is 0 Å². The third kappa shape index (κ3) is 326. The van der Waals surface area contributed by atoms with E-state index in [0.717, 1.165) is 52.4 Å². The highest BCUT2D eigenvalue weighted by atomic mass is 19.4. The van der Waals surface area contributed by atoms with E-state index < -0.39 is 42.4 Å². The van der Waals surface area contributed by atoms with Crippen LogP contribution in [0.4, 0.5) is 35.1 Å². The lowest BCUT2D eigenvalue weighted by Crippen LogP contribution is -2.28. The van der Waals surface area contributed by atoms with Gasteiger partial charge >= 0.3 is 12.4 Å². The second-order valence-corrected chi connectivity index (χ2v) is 19.7. The maximum Gasteiger partial charge on any atom is 0.393 e. The zero-order chi connectivity index (χ0) is 62.4. The number of alkyl halides is 8. The summed E-state index contributed by atoms with van der Waals surface area (Å²) in [5, 5.41) is 0. The van der Waals surface area contributed by atoms with Crippen molar-refractivity contribution in [3.63, 3.8) is 0 Å². The zero-order valence-electron chi connectivity index (χ0n) is 57.4. The molecule has 0 aromatic carbocycles. The number of unbranched alkanes of at least 4 members (excludes halogenated alkanes) is 7. The van der Waals surface area contributed by atoms with E-state index in [1.807, 2.05) is 27.7 Å². The molecule has 0 spiro atoms. The van der Waals surface area contributed by atoms with Crippen molar-refractivity contribution in [2.24, 2.45) is 35.0 Å². The summed E-state index contributed by atoms with van der Waals surface area (Å²) < 4.78 is 126. The predicted octanol–water partition coefficient (Wildman–Crippen LogP) is 26.9. The monoisotopic (exact) mass is 1000 g/mol. The van der Waals surface area contributed by atoms with Gasteiger partial charge < -0.3 is 0 Å². The molecule has 0 amide bonds. The highest BCUT2D eigenvalue weighted by Gasteiger charge is 2.42. The summed E-state index contributed by atoms with van der Waals surface area (Å²) in [5.41, 5.74) is -1.56. The van der Waals surface area contributed by atoms with Crippen molar-refractivity contribution < 1.29 is 42.0 Å². The van der Waals surface area contributed by atoms with E-state index in [2.05, 4.69) is 132 Å². The summed E-state index contributed by atoms with van der Waals surface area (Å²) in [5.74, 6) is -1.37. The fourth-order valence-electron chi connectivity index (χ4n) is 1.31. The van der Waals surface area contributed by atoms with Crippen molar-refractivity contribution in [1.29, 1.82) is 0 Å². The van der Waals surface area contributed by atoms with E-state index in [9.17, 15) is 35.1 Å². The van der Waals surface area contributed by atoms with E-state index in [0.29, 0.717) is 6.42 Å². The molecule has 0 nitrogen and oxygen atoms in total. The Labute approximate surface area is 431 Å². The first-order valence-electron chi connectivity index (χ1n) is 29.2. The Bertz CT molecular complexity index is 745. The number of rotatable bonds is 10. The van der Waals surface area contributed by atoms with Crippen LogP contribution in [0.1, 0.15) is 344 Å². The molecule has 0 N–H and O–H groups in total. The minimum Gasteiger partial charge on any atom is -0.207 e. The molecule has 0 aromatic rings. The molecule has 0 bridgehead atoms. The lowest BCUT2D eigenvalue weighted by Gasteiger charge is -2.21. The first-order valence-corrected chi connectivity index (χ1v) is 26.7. The van der Waals surface area contributed by atoms with E-state index in [-0.39, 0.29) is 18.7 Å². The highest BCUT2D eigenvalue weighted by Crippen LogP contribution is 2.36. The van der Waals surface area contributed by atoms with Crippen LogP contribution < -0.4 is 0 Å². The van der Waals surface area contributed by atoms with Crippen LogP contribution in [0.2, 0.25) is 0 Å². The largest absolute Gasteiger partial charge is 0.393 e. The van der Waals surface area contributed by atoms with Crippen LogP contribution in [0.3, 0.4) is 0 Å². The van der Waals surface area contributed by atoms with Crippen LogP contribution in [0.25, 0.3) is 0 Å². The third-order valence-corrected chi connectivity index (χ3v) is 5.51. The molecule has 0 aromatic heterocycles. The Morgan fingerprint density at radius 1 is 0.373 bits per heavy atom. The molecule has 0 fully saturated rings. The van der Waals surface area contributed by atoms with Gasteiger partial charge in [-0.25, -0.2) is 8.78 Å². The van der Waals surface area contributed by atoms with Gasteiger partial charge in [0, 0.05) is 25.6 Å². The van der Waals surface area contributed by atoms with Gasteiger partial charge in [0.1, 0.15) is 0 Å². The summed E-state index contributed by atoms with van der Waals surface area (Å²) in [6.45, 7) is 62.1. The van der Waals surface area contributed by atoms with Crippen molar-refractivity contribution in [1.82, 2.24) is 0 Å². The third-order valence-electron chi connectivity index (χ3n) is 5.51. The predicted molar refractivity (Wildman–Crippen MR) is 303 cm³/mol. The highest BCUT2D eigenvalue weighted by molar-refractivity contribution is 4.70. The second kappa shape index (κ2) is 88.4. The first-order chi connectivity index (χ1) is 31.6. The van der Waals surface area contributed by atoms with Crippen LogP contribution in [-0.2, 0) is 0 Å². The van der Waals surface area contributed by atoms with Crippen LogP contribution >= 0.6 is 0 Å². The van der Waals surface area contributed by atoms with Gasteiger partial charge in [0.2, 0.25) is 5.92 Å². The van der Waals surface area contributed by atoms with Crippen LogP contribution in [0.15, 0.2) is 0 Å². The number of hydrogen-bond donors (Lipinski definition) is 0. The molecule has 0 rings (SSSR count). The minimum absolute atomic E-state index is 0.0382. The Hall–Kier alpha value is -0.560. The molecule has 0 atom stereocenters. The van der Waals surface area contributed by atoms with Gasteiger partial charge in [-0.1, -0.05) is 325 Å². The molecule has 67 heavy (non-hydrogen) atoms. The maximum atomic E-state index is 11.9. The fourth-order valence-corrected chi connectivity index (χ4v) is 1.31. The molecular weight excluding hydrogens is 861 g/mol. The lowest BCUT2D eigenvalue weighted by atomic mass is 9.96. The van der Waals surface area contributed by atoms with Gasteiger partial charge in [-0.2, -0.15) is 26.3 Å². The van der Waals surface area contributed by atoms with Crippen molar-refractivity contribution in [2.75, 3.05) is 0 Å². The van der Waals surface area contributed by atoms with E-state index in [1.165, 1.54) is 105 Å². The second-order valence-electron chi connectivity index (χ2n) is 19.7. The Kier molecular flexibility index (Phi) is 114. The quantitative estimate of drug-likeness (QED) is 0.191. The first kappa shape index (κ1) is 86.2. The van der Waals surface area contributed by atoms with E-state index in [4.69, 9.17) is 6.85 Å². The Morgan fingerprint density at radius 2 is 0.493 bits per heavy atom. The summed E-state index contributed by atoms with van der Waals surface area (Å²) in [6, 6.07) is 0. The lowest BCUT2D eigenvalue weighted by molar-refractivity contribution is -0.204. The molecule has 0 aliphatic rings. The van der Waals surface area contributed by atoms with Crippen LogP contribution in [-0.4, -0.2) is 18.3 Å². The molecule has 0 aliphatic heterocycles. The topological polar surface area (TPSA) is 0 Å². The molecule has 0 unspecified atom stereocenters. The molecule has 0 aliphatic carbocycles. The van der Waals surface area contributed by atoms with Crippen molar-refractivity contribution in [3.05, 3.63) is 0 Å². The molecular formula is C59H138F8. The fraction of sp³-hybridized carbons (Fsp3) is 1.00. The maximum absolute atomic E-state index is 11.9.